The van der Waals surface area contributed by atoms with Gasteiger partial charge in [-0.1, -0.05) is 29.8 Å². The molecule has 1 aliphatic carbocycles. The minimum atomic E-state index is -0.395. The minimum absolute atomic E-state index is 0.123. The number of nitrogens with one attached hydrogen (secondary N) is 1. The van der Waals surface area contributed by atoms with Crippen molar-refractivity contribution in [3.05, 3.63) is 86.7 Å². The highest BCUT2D eigenvalue weighted by molar-refractivity contribution is 7.16. The molecule has 1 N–H and O–H groups in total. The van der Waals surface area contributed by atoms with E-state index in [2.05, 4.69) is 5.32 Å². The van der Waals surface area contributed by atoms with Crippen LogP contribution in [0, 0.1) is 0 Å². The molecule has 35 heavy (non-hydrogen) atoms. The first-order valence-electron chi connectivity index (χ1n) is 11.5. The van der Waals surface area contributed by atoms with Crippen LogP contribution < -0.4 is 10.9 Å². The van der Waals surface area contributed by atoms with Gasteiger partial charge < -0.3 is 14.5 Å². The molecule has 1 aliphatic rings. The third-order valence-corrected chi connectivity index (χ3v) is 7.24. The number of rotatable bonds is 5. The summed E-state index contributed by atoms with van der Waals surface area (Å²) in [6.45, 7) is 2.05. The number of halogens is 1. The number of carbonyl (C=O) groups is 2. The number of nitrogens with zero attached hydrogens (tertiary/aromatic N) is 1. The molecule has 178 valence electrons. The van der Waals surface area contributed by atoms with E-state index in [9.17, 15) is 9.59 Å². The van der Waals surface area contributed by atoms with Crippen molar-refractivity contribution in [1.82, 2.24) is 0 Å². The number of hydrogen-bond donors (Lipinski definition) is 1. The number of amides is 1. The summed E-state index contributed by atoms with van der Waals surface area (Å²) in [4.78, 5) is 32.1. The number of fused-ring (bicyclic) bond motifs is 2. The average Bonchev–Trinajstić information content (AvgIpc) is 3.22. The number of benzene rings is 2. The van der Waals surface area contributed by atoms with E-state index in [0.717, 1.165) is 36.1 Å². The lowest BCUT2D eigenvalue weighted by molar-refractivity contribution is 0.0526. The highest BCUT2D eigenvalue weighted by Gasteiger charge is 2.27. The number of carbonyl (C=O) groups excluding carboxylic acids is 2. The minimum Gasteiger partial charge on any atom is -0.462 e. The normalized spacial score (nSPS) is 13.5. The van der Waals surface area contributed by atoms with E-state index in [-0.39, 0.29) is 23.6 Å². The monoisotopic (exact) mass is 506 g/mol. The molecule has 0 aliphatic heterocycles. The van der Waals surface area contributed by atoms with E-state index in [0.29, 0.717) is 32.2 Å². The van der Waals surface area contributed by atoms with Gasteiger partial charge in [0.15, 0.2) is 0 Å². The highest BCUT2D eigenvalue weighted by atomic mass is 35.5. The molecule has 2 aromatic carbocycles. The van der Waals surface area contributed by atoms with Gasteiger partial charge in [0.2, 0.25) is 5.55 Å². The maximum Gasteiger partial charge on any atom is 0.341 e. The van der Waals surface area contributed by atoms with Crippen molar-refractivity contribution in [2.75, 3.05) is 11.9 Å². The van der Waals surface area contributed by atoms with E-state index < -0.39 is 5.97 Å². The Kier molecular flexibility index (Phi) is 6.70. The molecule has 8 heteroatoms. The largest absolute Gasteiger partial charge is 0.462 e. The molecule has 5 rings (SSSR count). The third kappa shape index (κ3) is 4.88. The fourth-order valence-electron chi connectivity index (χ4n) is 4.20. The summed E-state index contributed by atoms with van der Waals surface area (Å²) >= 11 is 7.64. The maximum absolute atomic E-state index is 13.3. The van der Waals surface area contributed by atoms with Crippen molar-refractivity contribution in [1.29, 1.82) is 0 Å². The highest BCUT2D eigenvalue weighted by Crippen LogP contribution is 2.40. The molecule has 4 aromatic rings. The van der Waals surface area contributed by atoms with Crippen molar-refractivity contribution in [3.63, 3.8) is 0 Å². The number of hydrogen-bond acceptors (Lipinski definition) is 6. The number of aryl methyl sites for hydroxylation is 1. The summed E-state index contributed by atoms with van der Waals surface area (Å²) in [5.74, 6) is -0.770. The van der Waals surface area contributed by atoms with Gasteiger partial charge in [-0.25, -0.2) is 9.79 Å². The Labute approximate surface area is 211 Å². The van der Waals surface area contributed by atoms with Gasteiger partial charge in [0.25, 0.3) is 5.91 Å². The Morgan fingerprint density at radius 2 is 1.91 bits per heavy atom. The van der Waals surface area contributed by atoms with Crippen LogP contribution in [0.5, 0.6) is 0 Å². The Balaban J connectivity index is 1.69. The van der Waals surface area contributed by atoms with Crippen LogP contribution in [0.3, 0.4) is 0 Å². The molecule has 1 amide bonds. The number of ether oxygens (including phenoxy) is 1. The Morgan fingerprint density at radius 1 is 1.11 bits per heavy atom. The van der Waals surface area contributed by atoms with Crippen molar-refractivity contribution in [2.45, 2.75) is 32.6 Å². The Morgan fingerprint density at radius 3 is 2.71 bits per heavy atom. The van der Waals surface area contributed by atoms with Crippen LogP contribution in [0.25, 0.3) is 11.0 Å². The van der Waals surface area contributed by atoms with E-state index in [1.54, 1.807) is 43.3 Å². The quantitative estimate of drug-likeness (QED) is 0.306. The summed E-state index contributed by atoms with van der Waals surface area (Å²) in [6.07, 6.45) is 3.79. The average molecular weight is 507 g/mol. The summed E-state index contributed by atoms with van der Waals surface area (Å²) in [5, 5.41) is 4.59. The number of esters is 1. The zero-order valence-electron chi connectivity index (χ0n) is 19.1. The zero-order valence-corrected chi connectivity index (χ0v) is 20.7. The topological polar surface area (TPSA) is 80.9 Å². The van der Waals surface area contributed by atoms with Gasteiger partial charge in [0, 0.05) is 21.0 Å². The van der Waals surface area contributed by atoms with Gasteiger partial charge in [-0.05, 0) is 74.6 Å². The Hall–Kier alpha value is -3.42. The van der Waals surface area contributed by atoms with Crippen molar-refractivity contribution >= 4 is 56.5 Å². The molecule has 2 heterocycles. The molecule has 0 saturated heterocycles. The lowest BCUT2D eigenvalue weighted by atomic mass is 9.95. The fourth-order valence-corrected chi connectivity index (χ4v) is 5.63. The van der Waals surface area contributed by atoms with Gasteiger partial charge in [0.1, 0.15) is 16.1 Å². The van der Waals surface area contributed by atoms with Crippen molar-refractivity contribution < 1.29 is 18.7 Å². The molecule has 2 aromatic heterocycles. The molecular formula is C27H23ClN2O4S. The van der Waals surface area contributed by atoms with Gasteiger partial charge >= 0.3 is 5.97 Å². The summed E-state index contributed by atoms with van der Waals surface area (Å²) in [6, 6.07) is 16.1. The molecule has 0 unspecified atom stereocenters. The lowest BCUT2D eigenvalue weighted by Crippen LogP contribution is -2.21. The van der Waals surface area contributed by atoms with E-state index in [1.165, 1.54) is 11.3 Å². The van der Waals surface area contributed by atoms with Crippen LogP contribution in [0.15, 0.2) is 64.0 Å². The molecule has 6 nitrogen and oxygen atoms in total. The molecule has 0 bridgehead atoms. The van der Waals surface area contributed by atoms with Gasteiger partial charge in [-0.2, -0.15) is 0 Å². The molecule has 0 fully saturated rings. The molecule has 0 radical (unpaired) electrons. The second kappa shape index (κ2) is 10.1. The Bertz CT molecular complexity index is 1490. The first-order valence-corrected chi connectivity index (χ1v) is 12.7. The van der Waals surface area contributed by atoms with Gasteiger partial charge in [0.05, 0.1) is 12.2 Å². The smallest absolute Gasteiger partial charge is 0.341 e. The van der Waals surface area contributed by atoms with Crippen LogP contribution in [0.2, 0.25) is 5.02 Å². The predicted molar refractivity (Wildman–Crippen MR) is 138 cm³/mol. The van der Waals surface area contributed by atoms with Crippen molar-refractivity contribution in [3.8, 4) is 0 Å². The number of anilines is 1. The fraction of sp³-hybridized carbons (Fsp3) is 0.222. The van der Waals surface area contributed by atoms with Crippen LogP contribution in [0.1, 0.15) is 50.9 Å². The second-order valence-electron chi connectivity index (χ2n) is 8.19. The molecular weight excluding hydrogens is 484 g/mol. The molecule has 0 spiro atoms. The van der Waals surface area contributed by atoms with E-state index >= 15 is 0 Å². The van der Waals surface area contributed by atoms with Gasteiger partial charge in [-0.15, -0.1) is 11.3 Å². The number of para-hydroxylation sites is 1. The summed E-state index contributed by atoms with van der Waals surface area (Å²) in [7, 11) is 0. The van der Waals surface area contributed by atoms with E-state index in [1.807, 2.05) is 18.2 Å². The first-order chi connectivity index (χ1) is 17.0. The number of thiophene rings is 1. The van der Waals surface area contributed by atoms with Crippen LogP contribution in [0.4, 0.5) is 10.7 Å². The van der Waals surface area contributed by atoms with Crippen molar-refractivity contribution in [2.24, 2.45) is 4.99 Å². The molecule has 0 saturated carbocycles. The van der Waals surface area contributed by atoms with E-state index in [4.69, 9.17) is 25.7 Å². The van der Waals surface area contributed by atoms with Crippen LogP contribution in [-0.2, 0) is 17.6 Å². The van der Waals surface area contributed by atoms with Crippen LogP contribution >= 0.6 is 22.9 Å². The summed E-state index contributed by atoms with van der Waals surface area (Å²) < 4.78 is 11.5. The van der Waals surface area contributed by atoms with Gasteiger partial charge in [-0.3, -0.25) is 4.79 Å². The zero-order chi connectivity index (χ0) is 24.4. The standard InChI is InChI=1S/C27H23ClN2O4S/c1-2-33-27(32)23-19-10-6-7-11-22(19)35-26(23)30-25-20(24(31)29-18-8-4-3-5-9-18)15-16-14-17(28)12-13-21(16)34-25/h3-5,8-9,12-15H,2,6-7,10-11H2,1H3,(H,29,31)/b30-25-. The summed E-state index contributed by atoms with van der Waals surface area (Å²) in [5.41, 5.74) is 3.02. The maximum atomic E-state index is 13.3. The molecule has 0 atom stereocenters. The SMILES string of the molecule is CCOC(=O)c1c(/N=c2\oc3ccc(Cl)cc3cc2C(=O)Nc2ccccc2)sc2c1CCCC2. The third-order valence-electron chi connectivity index (χ3n) is 5.82. The second-order valence-corrected chi connectivity index (χ2v) is 9.71. The first kappa shape index (κ1) is 23.3. The van der Waals surface area contributed by atoms with Crippen LogP contribution in [-0.4, -0.2) is 18.5 Å². The lowest BCUT2D eigenvalue weighted by Gasteiger charge is -2.11. The predicted octanol–water partition coefficient (Wildman–Crippen LogP) is 6.69.